The highest BCUT2D eigenvalue weighted by molar-refractivity contribution is 7.87. The predicted octanol–water partition coefficient (Wildman–Crippen LogP) is 2.60. The molecule has 0 saturated carbocycles. The van der Waals surface area contributed by atoms with Crippen molar-refractivity contribution in [3.8, 4) is 0 Å². The molecule has 1 N–H and O–H groups in total. The number of allylic oxidation sites excluding steroid dienone is 1. The first kappa shape index (κ1) is 16.0. The second kappa shape index (κ2) is 8.22. The van der Waals surface area contributed by atoms with Crippen LogP contribution >= 0.6 is 11.3 Å². The van der Waals surface area contributed by atoms with Crippen LogP contribution in [0, 0.1) is 5.92 Å². The van der Waals surface area contributed by atoms with E-state index in [2.05, 4.69) is 36.3 Å². The van der Waals surface area contributed by atoms with Gasteiger partial charge in [-0.1, -0.05) is 32.9 Å². The maximum absolute atomic E-state index is 11.8. The molecule has 106 valence electrons. The Kier molecular flexibility index (Phi) is 6.94. The topological polar surface area (TPSA) is 59.1 Å². The minimum Gasteiger partial charge on any atom is -0.351 e. The normalized spacial score (nSPS) is 13.1. The van der Waals surface area contributed by atoms with Gasteiger partial charge in [0, 0.05) is 12.3 Å². The van der Waals surface area contributed by atoms with E-state index >= 15 is 0 Å². The number of amides is 1. The van der Waals surface area contributed by atoms with Crippen molar-refractivity contribution >= 4 is 28.0 Å². The monoisotopic (exact) mass is 300 g/mol. The summed E-state index contributed by atoms with van der Waals surface area (Å²) in [5.41, 5.74) is 0. The van der Waals surface area contributed by atoms with Crippen LogP contribution in [0.15, 0.2) is 22.7 Å². The quantitative estimate of drug-likeness (QED) is 0.622. The number of carbonyl (C=O) groups is 1. The molecule has 0 aliphatic heterocycles. The van der Waals surface area contributed by atoms with Gasteiger partial charge in [0.25, 0.3) is 5.91 Å². The van der Waals surface area contributed by atoms with Gasteiger partial charge < -0.3 is 5.32 Å². The van der Waals surface area contributed by atoms with Crippen LogP contribution in [0.2, 0.25) is 0 Å². The van der Waals surface area contributed by atoms with Gasteiger partial charge in [-0.25, -0.2) is 4.98 Å². The lowest BCUT2D eigenvalue weighted by atomic mass is 10.2. The largest absolute Gasteiger partial charge is 0.351 e. The SMILES string of the molecule is CCS(=O)c1ncc(C(=O)NCC/C=C\C(C)C)s1. The maximum Gasteiger partial charge on any atom is 0.263 e. The highest BCUT2D eigenvalue weighted by Crippen LogP contribution is 2.16. The van der Waals surface area contributed by atoms with Crippen LogP contribution in [-0.2, 0) is 10.8 Å². The molecule has 0 radical (unpaired) electrons. The van der Waals surface area contributed by atoms with Crippen molar-refractivity contribution in [1.29, 1.82) is 0 Å². The Balaban J connectivity index is 2.41. The summed E-state index contributed by atoms with van der Waals surface area (Å²) in [4.78, 5) is 16.3. The average Bonchev–Trinajstić information content (AvgIpc) is 2.86. The zero-order chi connectivity index (χ0) is 14.3. The van der Waals surface area contributed by atoms with Crippen molar-refractivity contribution < 1.29 is 9.00 Å². The number of rotatable bonds is 7. The van der Waals surface area contributed by atoms with E-state index in [1.807, 2.05) is 6.92 Å². The summed E-state index contributed by atoms with van der Waals surface area (Å²) >= 11 is 1.20. The number of hydrogen-bond donors (Lipinski definition) is 1. The van der Waals surface area contributed by atoms with E-state index in [-0.39, 0.29) is 5.91 Å². The molecule has 6 heteroatoms. The number of hydrogen-bond acceptors (Lipinski definition) is 4. The minimum absolute atomic E-state index is 0.144. The Bertz CT molecular complexity index is 467. The van der Waals surface area contributed by atoms with Crippen LogP contribution in [-0.4, -0.2) is 27.4 Å². The third kappa shape index (κ3) is 5.65. The van der Waals surface area contributed by atoms with Gasteiger partial charge in [0.05, 0.1) is 17.0 Å². The lowest BCUT2D eigenvalue weighted by Crippen LogP contribution is -2.23. The molecule has 1 aromatic heterocycles. The fraction of sp³-hybridized carbons (Fsp3) is 0.538. The van der Waals surface area contributed by atoms with Crippen molar-refractivity contribution in [3.05, 3.63) is 23.2 Å². The number of aromatic nitrogens is 1. The van der Waals surface area contributed by atoms with Gasteiger partial charge in [-0.3, -0.25) is 9.00 Å². The fourth-order valence-electron chi connectivity index (χ4n) is 1.32. The molecule has 1 heterocycles. The highest BCUT2D eigenvalue weighted by Gasteiger charge is 2.12. The van der Waals surface area contributed by atoms with Crippen molar-refractivity contribution in [2.45, 2.75) is 31.5 Å². The third-order valence-electron chi connectivity index (χ3n) is 2.28. The standard InChI is InChI=1S/C13H20N2O2S2/c1-4-19(17)13-15-9-11(18-13)12(16)14-8-6-5-7-10(2)3/h5,7,9-10H,4,6,8H2,1-3H3,(H,14,16)/b7-5-. The van der Waals surface area contributed by atoms with Crippen molar-refractivity contribution in [2.24, 2.45) is 5.92 Å². The Morgan fingerprint density at radius 3 is 2.95 bits per heavy atom. The van der Waals surface area contributed by atoms with Crippen molar-refractivity contribution in [1.82, 2.24) is 10.3 Å². The summed E-state index contributed by atoms with van der Waals surface area (Å²) in [5, 5.41) is 2.82. The van der Waals surface area contributed by atoms with Gasteiger partial charge in [0.15, 0.2) is 4.34 Å². The summed E-state index contributed by atoms with van der Waals surface area (Å²) in [5.74, 6) is 0.910. The van der Waals surface area contributed by atoms with Crippen LogP contribution in [0.5, 0.6) is 0 Å². The average molecular weight is 300 g/mol. The van der Waals surface area contributed by atoms with Crippen molar-refractivity contribution in [3.63, 3.8) is 0 Å². The molecule has 1 amide bonds. The molecule has 0 bridgehead atoms. The molecule has 4 nitrogen and oxygen atoms in total. The number of thiazole rings is 1. The summed E-state index contributed by atoms with van der Waals surface area (Å²) in [7, 11) is -1.08. The molecule has 0 aliphatic carbocycles. The van der Waals surface area contributed by atoms with E-state index in [1.54, 1.807) is 0 Å². The van der Waals surface area contributed by atoms with Gasteiger partial charge in [0.1, 0.15) is 4.88 Å². The molecule has 0 fully saturated rings. The molecule has 1 aromatic rings. The van der Waals surface area contributed by atoms with Crippen LogP contribution in [0.1, 0.15) is 36.9 Å². The van der Waals surface area contributed by atoms with E-state index in [0.29, 0.717) is 27.4 Å². The molecule has 19 heavy (non-hydrogen) atoms. The molecule has 0 aromatic carbocycles. The lowest BCUT2D eigenvalue weighted by molar-refractivity contribution is 0.0958. The Morgan fingerprint density at radius 2 is 2.32 bits per heavy atom. The van der Waals surface area contributed by atoms with Crippen LogP contribution in [0.4, 0.5) is 0 Å². The minimum atomic E-state index is -1.08. The molecule has 0 spiro atoms. The number of carbonyl (C=O) groups excluding carboxylic acids is 1. The van der Waals surface area contributed by atoms with Gasteiger partial charge in [-0.15, -0.1) is 11.3 Å². The fourth-order valence-corrected chi connectivity index (χ4v) is 3.29. The first-order chi connectivity index (χ1) is 9.04. The number of nitrogens with zero attached hydrogens (tertiary/aromatic N) is 1. The molecule has 1 unspecified atom stereocenters. The molecule has 0 saturated heterocycles. The summed E-state index contributed by atoms with van der Waals surface area (Å²) in [6.07, 6.45) is 6.49. The predicted molar refractivity (Wildman–Crippen MR) is 80.0 cm³/mol. The second-order valence-electron chi connectivity index (χ2n) is 4.34. The third-order valence-corrected chi connectivity index (χ3v) is 4.90. The van der Waals surface area contributed by atoms with E-state index in [9.17, 15) is 9.00 Å². The Morgan fingerprint density at radius 1 is 1.58 bits per heavy atom. The molecule has 1 rings (SSSR count). The maximum atomic E-state index is 11.8. The van der Waals surface area contributed by atoms with Gasteiger partial charge in [-0.05, 0) is 12.3 Å². The first-order valence-corrected chi connectivity index (χ1v) is 8.47. The molecular formula is C13H20N2O2S2. The first-order valence-electron chi connectivity index (χ1n) is 6.33. The van der Waals surface area contributed by atoms with Gasteiger partial charge >= 0.3 is 0 Å². The zero-order valence-electron chi connectivity index (χ0n) is 11.5. The summed E-state index contributed by atoms with van der Waals surface area (Å²) in [6, 6.07) is 0. The Hall–Kier alpha value is -1.01. The van der Waals surface area contributed by atoms with Crippen molar-refractivity contribution in [2.75, 3.05) is 12.3 Å². The number of nitrogens with one attached hydrogen (secondary N) is 1. The van der Waals surface area contributed by atoms with Gasteiger partial charge in [0.2, 0.25) is 0 Å². The molecule has 1 atom stereocenters. The second-order valence-corrected chi connectivity index (χ2v) is 7.29. The van der Waals surface area contributed by atoms with Crippen LogP contribution in [0.3, 0.4) is 0 Å². The van der Waals surface area contributed by atoms with Gasteiger partial charge in [-0.2, -0.15) is 0 Å². The molecular weight excluding hydrogens is 280 g/mol. The Labute approximate surface area is 120 Å². The van der Waals surface area contributed by atoms with Crippen LogP contribution < -0.4 is 5.32 Å². The molecule has 0 aliphatic rings. The zero-order valence-corrected chi connectivity index (χ0v) is 13.1. The highest BCUT2D eigenvalue weighted by atomic mass is 32.2. The van der Waals surface area contributed by atoms with E-state index < -0.39 is 10.8 Å². The van der Waals surface area contributed by atoms with E-state index in [4.69, 9.17) is 0 Å². The van der Waals surface area contributed by atoms with E-state index in [0.717, 1.165) is 6.42 Å². The van der Waals surface area contributed by atoms with Crippen LogP contribution in [0.25, 0.3) is 0 Å². The van der Waals surface area contributed by atoms with E-state index in [1.165, 1.54) is 17.5 Å². The summed E-state index contributed by atoms with van der Waals surface area (Å²) < 4.78 is 12.1. The summed E-state index contributed by atoms with van der Waals surface area (Å²) in [6.45, 7) is 6.66. The smallest absolute Gasteiger partial charge is 0.263 e. The lowest BCUT2D eigenvalue weighted by Gasteiger charge is -2.00.